The molecule has 1 aliphatic heterocycles. The van der Waals surface area contributed by atoms with E-state index in [0.29, 0.717) is 23.7 Å². The fourth-order valence-corrected chi connectivity index (χ4v) is 2.49. The van der Waals surface area contributed by atoms with Crippen LogP contribution in [-0.2, 0) is 12.0 Å². The molecule has 0 bridgehead atoms. The average molecular weight is 328 g/mol. The SMILES string of the molecule is CC(C)(C)c1ncncc1CNC(=O)Nc1ccc2c(c1)OCO2. The molecule has 1 aromatic carbocycles. The molecule has 0 saturated heterocycles. The van der Waals surface area contributed by atoms with Gasteiger partial charge < -0.3 is 20.1 Å². The van der Waals surface area contributed by atoms with Crippen LogP contribution in [0.4, 0.5) is 10.5 Å². The Balaban J connectivity index is 1.62. The molecular formula is C17H20N4O3. The van der Waals surface area contributed by atoms with Gasteiger partial charge in [-0.15, -0.1) is 0 Å². The van der Waals surface area contributed by atoms with E-state index < -0.39 is 0 Å². The van der Waals surface area contributed by atoms with Gasteiger partial charge in [0.1, 0.15) is 6.33 Å². The highest BCUT2D eigenvalue weighted by molar-refractivity contribution is 5.89. The van der Waals surface area contributed by atoms with Crippen LogP contribution in [0, 0.1) is 0 Å². The van der Waals surface area contributed by atoms with Gasteiger partial charge in [0.25, 0.3) is 0 Å². The molecule has 24 heavy (non-hydrogen) atoms. The first kappa shape index (κ1) is 16.0. The number of hydrogen-bond donors (Lipinski definition) is 2. The maximum Gasteiger partial charge on any atom is 0.319 e. The van der Waals surface area contributed by atoms with Crippen molar-refractivity contribution in [3.05, 3.63) is 42.0 Å². The lowest BCUT2D eigenvalue weighted by molar-refractivity contribution is 0.174. The van der Waals surface area contributed by atoms with Crippen molar-refractivity contribution in [1.82, 2.24) is 15.3 Å². The summed E-state index contributed by atoms with van der Waals surface area (Å²) in [5, 5.41) is 5.60. The van der Waals surface area contributed by atoms with E-state index in [1.165, 1.54) is 6.33 Å². The third-order valence-electron chi connectivity index (χ3n) is 3.57. The Hall–Kier alpha value is -2.83. The lowest BCUT2D eigenvalue weighted by Crippen LogP contribution is -2.30. The van der Waals surface area contributed by atoms with E-state index >= 15 is 0 Å². The number of urea groups is 1. The maximum atomic E-state index is 12.1. The van der Waals surface area contributed by atoms with Gasteiger partial charge in [0.05, 0.1) is 5.69 Å². The van der Waals surface area contributed by atoms with Crippen LogP contribution in [0.3, 0.4) is 0 Å². The molecule has 0 radical (unpaired) electrons. The first-order valence-electron chi connectivity index (χ1n) is 7.67. The molecule has 7 nitrogen and oxygen atoms in total. The van der Waals surface area contributed by atoms with E-state index in [1.807, 2.05) is 0 Å². The summed E-state index contributed by atoms with van der Waals surface area (Å²) in [6.07, 6.45) is 3.26. The largest absolute Gasteiger partial charge is 0.454 e. The zero-order chi connectivity index (χ0) is 17.2. The number of ether oxygens (including phenoxy) is 2. The van der Waals surface area contributed by atoms with Crippen molar-refractivity contribution in [3.8, 4) is 11.5 Å². The summed E-state index contributed by atoms with van der Waals surface area (Å²) < 4.78 is 10.5. The van der Waals surface area contributed by atoms with E-state index in [4.69, 9.17) is 9.47 Å². The summed E-state index contributed by atoms with van der Waals surface area (Å²) in [5.41, 5.74) is 2.33. The number of carbonyl (C=O) groups excluding carboxylic acids is 1. The van der Waals surface area contributed by atoms with Crippen LogP contribution in [0.5, 0.6) is 11.5 Å². The molecule has 7 heteroatoms. The number of benzene rings is 1. The number of nitrogens with zero attached hydrogens (tertiary/aromatic N) is 2. The van der Waals surface area contributed by atoms with E-state index in [9.17, 15) is 4.79 Å². The Morgan fingerprint density at radius 1 is 1.25 bits per heavy atom. The predicted octanol–water partition coefficient (Wildman–Crippen LogP) is 2.82. The summed E-state index contributed by atoms with van der Waals surface area (Å²) in [7, 11) is 0. The Morgan fingerprint density at radius 3 is 2.83 bits per heavy atom. The molecule has 0 aliphatic carbocycles. The van der Waals surface area contributed by atoms with Crippen LogP contribution >= 0.6 is 0 Å². The molecule has 0 saturated carbocycles. The van der Waals surface area contributed by atoms with E-state index in [2.05, 4.69) is 41.4 Å². The van der Waals surface area contributed by atoms with Gasteiger partial charge >= 0.3 is 6.03 Å². The van der Waals surface area contributed by atoms with Crippen LogP contribution in [-0.4, -0.2) is 22.8 Å². The van der Waals surface area contributed by atoms with Gasteiger partial charge in [-0.25, -0.2) is 14.8 Å². The first-order chi connectivity index (χ1) is 11.4. The molecule has 2 N–H and O–H groups in total. The molecule has 0 fully saturated rings. The number of aromatic nitrogens is 2. The van der Waals surface area contributed by atoms with Gasteiger partial charge in [-0.3, -0.25) is 0 Å². The average Bonchev–Trinajstić information content (AvgIpc) is 3.00. The third-order valence-corrected chi connectivity index (χ3v) is 3.57. The van der Waals surface area contributed by atoms with Crippen LogP contribution in [0.15, 0.2) is 30.7 Å². The second kappa shape index (κ2) is 6.35. The number of carbonyl (C=O) groups is 1. The first-order valence-corrected chi connectivity index (χ1v) is 7.67. The van der Waals surface area contributed by atoms with Crippen molar-refractivity contribution in [1.29, 1.82) is 0 Å². The van der Waals surface area contributed by atoms with Gasteiger partial charge in [0.2, 0.25) is 6.79 Å². The summed E-state index contributed by atoms with van der Waals surface area (Å²) in [5.74, 6) is 1.30. The van der Waals surface area contributed by atoms with Crippen molar-refractivity contribution in [3.63, 3.8) is 0 Å². The molecule has 126 valence electrons. The lowest BCUT2D eigenvalue weighted by atomic mass is 9.89. The normalized spacial score (nSPS) is 12.8. The highest BCUT2D eigenvalue weighted by Crippen LogP contribution is 2.34. The van der Waals surface area contributed by atoms with Crippen LogP contribution in [0.1, 0.15) is 32.0 Å². The molecule has 2 amide bonds. The fraction of sp³-hybridized carbons (Fsp3) is 0.353. The van der Waals surface area contributed by atoms with Crippen molar-refractivity contribution < 1.29 is 14.3 Å². The van der Waals surface area contributed by atoms with Crippen molar-refractivity contribution in [2.24, 2.45) is 0 Å². The number of fused-ring (bicyclic) bond motifs is 1. The molecule has 3 rings (SSSR count). The third kappa shape index (κ3) is 3.56. The molecule has 2 aromatic rings. The summed E-state index contributed by atoms with van der Waals surface area (Å²) in [6, 6.07) is 4.95. The van der Waals surface area contributed by atoms with E-state index in [1.54, 1.807) is 24.4 Å². The fourth-order valence-electron chi connectivity index (χ4n) is 2.49. The molecule has 0 atom stereocenters. The standard InChI is InChI=1S/C17H20N4O3/c1-17(2,3)15-11(7-18-9-20-15)8-19-16(22)21-12-4-5-13-14(6-12)24-10-23-13/h4-7,9H,8,10H2,1-3H3,(H2,19,21,22). The van der Waals surface area contributed by atoms with Gasteiger partial charge in [-0.2, -0.15) is 0 Å². The van der Waals surface area contributed by atoms with Crippen LogP contribution in [0.25, 0.3) is 0 Å². The number of amides is 2. The minimum Gasteiger partial charge on any atom is -0.454 e. The Kier molecular flexibility index (Phi) is 4.24. The van der Waals surface area contributed by atoms with Gasteiger partial charge in [-0.1, -0.05) is 20.8 Å². The van der Waals surface area contributed by atoms with E-state index in [0.717, 1.165) is 11.3 Å². The van der Waals surface area contributed by atoms with Crippen LogP contribution in [0.2, 0.25) is 0 Å². The molecule has 2 heterocycles. The highest BCUT2D eigenvalue weighted by Gasteiger charge is 2.20. The topological polar surface area (TPSA) is 85.4 Å². The van der Waals surface area contributed by atoms with Crippen molar-refractivity contribution in [2.75, 3.05) is 12.1 Å². The van der Waals surface area contributed by atoms with Crippen molar-refractivity contribution in [2.45, 2.75) is 32.7 Å². The Labute approximate surface area is 140 Å². The zero-order valence-corrected chi connectivity index (χ0v) is 13.9. The minimum atomic E-state index is -0.308. The number of hydrogen-bond acceptors (Lipinski definition) is 5. The molecular weight excluding hydrogens is 308 g/mol. The summed E-state index contributed by atoms with van der Waals surface area (Å²) >= 11 is 0. The number of anilines is 1. The molecule has 0 unspecified atom stereocenters. The summed E-state index contributed by atoms with van der Waals surface area (Å²) in [6.45, 7) is 6.78. The lowest BCUT2D eigenvalue weighted by Gasteiger charge is -2.21. The smallest absolute Gasteiger partial charge is 0.319 e. The maximum absolute atomic E-state index is 12.1. The Morgan fingerprint density at radius 2 is 2.04 bits per heavy atom. The molecule has 0 spiro atoms. The molecule has 1 aliphatic rings. The van der Waals surface area contributed by atoms with Gasteiger partial charge in [-0.05, 0) is 12.1 Å². The predicted molar refractivity (Wildman–Crippen MR) is 89.2 cm³/mol. The highest BCUT2D eigenvalue weighted by atomic mass is 16.7. The minimum absolute atomic E-state index is 0.117. The molecule has 1 aromatic heterocycles. The monoisotopic (exact) mass is 328 g/mol. The van der Waals surface area contributed by atoms with Crippen LogP contribution < -0.4 is 20.1 Å². The second-order valence-electron chi connectivity index (χ2n) is 6.52. The van der Waals surface area contributed by atoms with E-state index in [-0.39, 0.29) is 18.2 Å². The summed E-state index contributed by atoms with van der Waals surface area (Å²) in [4.78, 5) is 20.5. The zero-order valence-electron chi connectivity index (χ0n) is 13.9. The Bertz CT molecular complexity index is 756. The van der Waals surface area contributed by atoms with Gasteiger partial charge in [0, 0.05) is 35.5 Å². The number of nitrogens with one attached hydrogen (secondary N) is 2. The van der Waals surface area contributed by atoms with Crippen molar-refractivity contribution >= 4 is 11.7 Å². The second-order valence-corrected chi connectivity index (χ2v) is 6.52. The quantitative estimate of drug-likeness (QED) is 0.905. The number of rotatable bonds is 3. The van der Waals surface area contributed by atoms with Gasteiger partial charge in [0.15, 0.2) is 11.5 Å².